The van der Waals surface area contributed by atoms with Crippen molar-refractivity contribution in [3.8, 4) is 0 Å². The average molecular weight is 195 g/mol. The Bertz CT molecular complexity index is 162. The van der Waals surface area contributed by atoms with Gasteiger partial charge in [-0.15, -0.1) is 0 Å². The van der Waals surface area contributed by atoms with E-state index in [-0.39, 0.29) is 0 Å². The summed E-state index contributed by atoms with van der Waals surface area (Å²) in [7, 11) is 0. The summed E-state index contributed by atoms with van der Waals surface area (Å²) in [4.78, 5) is 2.59. The summed E-state index contributed by atoms with van der Waals surface area (Å²) in [5, 5.41) is 0. The zero-order valence-electron chi connectivity index (χ0n) is 10.00. The Morgan fingerprint density at radius 1 is 1.14 bits per heavy atom. The van der Waals surface area contributed by atoms with Crippen LogP contribution in [0.5, 0.6) is 0 Å². The van der Waals surface area contributed by atoms with Crippen LogP contribution in [-0.2, 0) is 0 Å². The summed E-state index contributed by atoms with van der Waals surface area (Å²) in [5.41, 5.74) is 0. The molecule has 0 spiro atoms. The quantitative estimate of drug-likeness (QED) is 0.611. The van der Waals surface area contributed by atoms with Crippen molar-refractivity contribution in [3.63, 3.8) is 0 Å². The van der Waals surface area contributed by atoms with E-state index < -0.39 is 0 Å². The Kier molecular flexibility index (Phi) is 5.24. The first-order chi connectivity index (χ1) is 6.72. The maximum atomic E-state index is 2.59. The van der Waals surface area contributed by atoms with Gasteiger partial charge in [-0.3, -0.25) is 4.90 Å². The number of nitrogens with zero attached hydrogens (tertiary/aromatic N) is 1. The van der Waals surface area contributed by atoms with Crippen LogP contribution in [0.4, 0.5) is 0 Å². The van der Waals surface area contributed by atoms with E-state index in [1.165, 1.54) is 32.4 Å². The van der Waals surface area contributed by atoms with Crippen LogP contribution in [0.25, 0.3) is 0 Å². The molecule has 0 aromatic rings. The van der Waals surface area contributed by atoms with Gasteiger partial charge >= 0.3 is 0 Å². The van der Waals surface area contributed by atoms with Crippen LogP contribution in [0.15, 0.2) is 12.2 Å². The third kappa shape index (κ3) is 4.28. The highest BCUT2D eigenvalue weighted by Crippen LogP contribution is 2.21. The molecule has 0 bridgehead atoms. The van der Waals surface area contributed by atoms with E-state index >= 15 is 0 Å². The van der Waals surface area contributed by atoms with Gasteiger partial charge in [0, 0.05) is 6.54 Å². The Hall–Kier alpha value is -0.300. The fourth-order valence-corrected chi connectivity index (χ4v) is 2.28. The molecule has 14 heavy (non-hydrogen) atoms. The second kappa shape index (κ2) is 6.23. The van der Waals surface area contributed by atoms with Crippen LogP contribution in [0.1, 0.15) is 40.0 Å². The molecule has 0 aromatic carbocycles. The maximum absolute atomic E-state index is 2.59. The van der Waals surface area contributed by atoms with Crippen molar-refractivity contribution >= 4 is 0 Å². The zero-order chi connectivity index (χ0) is 10.4. The van der Waals surface area contributed by atoms with Gasteiger partial charge in [-0.05, 0) is 51.1 Å². The van der Waals surface area contributed by atoms with Gasteiger partial charge in [-0.25, -0.2) is 0 Å². The number of allylic oxidation sites excluding steroid dienone is 1. The molecular formula is C13H25N. The van der Waals surface area contributed by atoms with Crippen molar-refractivity contribution in [2.75, 3.05) is 19.6 Å². The Labute approximate surface area is 89.2 Å². The zero-order valence-corrected chi connectivity index (χ0v) is 10.00. The second-order valence-corrected chi connectivity index (χ2v) is 4.89. The third-order valence-corrected chi connectivity index (χ3v) is 3.28. The van der Waals surface area contributed by atoms with Gasteiger partial charge in [-0.1, -0.05) is 26.0 Å². The highest BCUT2D eigenvalue weighted by atomic mass is 15.1. The summed E-state index contributed by atoms with van der Waals surface area (Å²) >= 11 is 0. The van der Waals surface area contributed by atoms with Crippen molar-refractivity contribution in [1.82, 2.24) is 4.90 Å². The molecule has 1 heteroatoms. The normalized spacial score (nSPS) is 31.6. The fourth-order valence-electron chi connectivity index (χ4n) is 2.28. The topological polar surface area (TPSA) is 3.24 Å². The summed E-state index contributed by atoms with van der Waals surface area (Å²) in [6, 6.07) is 0. The van der Waals surface area contributed by atoms with Crippen LogP contribution >= 0.6 is 0 Å². The highest BCUT2D eigenvalue weighted by Gasteiger charge is 2.15. The number of rotatable bonds is 2. The first-order valence-electron chi connectivity index (χ1n) is 6.06. The van der Waals surface area contributed by atoms with Crippen molar-refractivity contribution in [3.05, 3.63) is 12.2 Å². The molecular weight excluding hydrogens is 170 g/mol. The van der Waals surface area contributed by atoms with E-state index in [1.807, 2.05) is 0 Å². The minimum Gasteiger partial charge on any atom is -0.300 e. The molecule has 1 rings (SSSR count). The maximum Gasteiger partial charge on any atom is 0.0163 e. The lowest BCUT2D eigenvalue weighted by Gasteiger charge is -2.28. The first-order valence-corrected chi connectivity index (χ1v) is 6.06. The first kappa shape index (κ1) is 11.8. The molecule has 2 unspecified atom stereocenters. The van der Waals surface area contributed by atoms with Gasteiger partial charge in [0.05, 0.1) is 0 Å². The monoisotopic (exact) mass is 195 g/mol. The lowest BCUT2D eigenvalue weighted by atomic mass is 9.90. The number of hydrogen-bond acceptors (Lipinski definition) is 1. The molecule has 1 heterocycles. The van der Waals surface area contributed by atoms with Gasteiger partial charge in [0.15, 0.2) is 0 Å². The largest absolute Gasteiger partial charge is 0.300 e. The molecule has 1 nitrogen and oxygen atoms in total. The summed E-state index contributed by atoms with van der Waals surface area (Å²) in [6.45, 7) is 10.6. The highest BCUT2D eigenvalue weighted by molar-refractivity contribution is 4.82. The van der Waals surface area contributed by atoms with E-state index in [1.54, 1.807) is 0 Å². The third-order valence-electron chi connectivity index (χ3n) is 3.28. The Morgan fingerprint density at radius 3 is 2.21 bits per heavy atom. The molecule has 0 N–H and O–H groups in total. The molecule has 0 aromatic heterocycles. The van der Waals surface area contributed by atoms with Crippen LogP contribution in [0, 0.1) is 11.8 Å². The minimum atomic E-state index is 0.915. The Balaban J connectivity index is 2.37. The molecule has 1 fully saturated rings. The summed E-state index contributed by atoms with van der Waals surface area (Å²) in [6.07, 6.45) is 8.61. The van der Waals surface area contributed by atoms with E-state index in [0.717, 1.165) is 18.4 Å². The molecule has 0 saturated carbocycles. The molecule has 2 atom stereocenters. The minimum absolute atomic E-state index is 0.915. The van der Waals surface area contributed by atoms with E-state index in [2.05, 4.69) is 37.8 Å². The van der Waals surface area contributed by atoms with Crippen LogP contribution < -0.4 is 0 Å². The van der Waals surface area contributed by atoms with Crippen molar-refractivity contribution in [1.29, 1.82) is 0 Å². The predicted molar refractivity (Wildman–Crippen MR) is 63.4 cm³/mol. The summed E-state index contributed by atoms with van der Waals surface area (Å²) < 4.78 is 0. The number of hydrogen-bond donors (Lipinski definition) is 0. The standard InChI is InChI=1S/C13H25N/c1-4-5-8-14-9-6-12(2)11-13(3)7-10-14/h4-5,12-13H,6-11H2,1-3H3/b5-4+. The molecule has 1 aliphatic rings. The smallest absolute Gasteiger partial charge is 0.0163 e. The van der Waals surface area contributed by atoms with Crippen molar-refractivity contribution in [2.45, 2.75) is 40.0 Å². The fraction of sp³-hybridized carbons (Fsp3) is 0.846. The SMILES string of the molecule is C/C=C/CN1CCC(C)CC(C)CC1. The van der Waals surface area contributed by atoms with Crippen molar-refractivity contribution < 1.29 is 0 Å². The van der Waals surface area contributed by atoms with E-state index in [9.17, 15) is 0 Å². The lowest BCUT2D eigenvalue weighted by molar-refractivity contribution is 0.214. The molecule has 1 saturated heterocycles. The van der Waals surface area contributed by atoms with Gasteiger partial charge < -0.3 is 0 Å². The van der Waals surface area contributed by atoms with Gasteiger partial charge in [-0.2, -0.15) is 0 Å². The predicted octanol–water partition coefficient (Wildman–Crippen LogP) is 3.32. The van der Waals surface area contributed by atoms with Crippen molar-refractivity contribution in [2.24, 2.45) is 11.8 Å². The van der Waals surface area contributed by atoms with Gasteiger partial charge in [0.2, 0.25) is 0 Å². The number of likely N-dealkylation sites (tertiary alicyclic amines) is 1. The second-order valence-electron chi connectivity index (χ2n) is 4.89. The lowest BCUT2D eigenvalue weighted by Crippen LogP contribution is -2.30. The molecule has 0 radical (unpaired) electrons. The molecule has 1 aliphatic heterocycles. The van der Waals surface area contributed by atoms with Gasteiger partial charge in [0.25, 0.3) is 0 Å². The van der Waals surface area contributed by atoms with Crippen LogP contribution in [0.3, 0.4) is 0 Å². The molecule has 0 amide bonds. The molecule has 0 aliphatic carbocycles. The van der Waals surface area contributed by atoms with Crippen LogP contribution in [-0.4, -0.2) is 24.5 Å². The average Bonchev–Trinajstić information content (AvgIpc) is 2.14. The van der Waals surface area contributed by atoms with Gasteiger partial charge in [0.1, 0.15) is 0 Å². The van der Waals surface area contributed by atoms with Crippen LogP contribution in [0.2, 0.25) is 0 Å². The Morgan fingerprint density at radius 2 is 1.71 bits per heavy atom. The van der Waals surface area contributed by atoms with E-state index in [0.29, 0.717) is 0 Å². The van der Waals surface area contributed by atoms with E-state index in [4.69, 9.17) is 0 Å². The molecule has 82 valence electrons. The summed E-state index contributed by atoms with van der Waals surface area (Å²) in [5.74, 6) is 1.83.